The van der Waals surface area contributed by atoms with Crippen molar-refractivity contribution >= 4 is 32.6 Å². The van der Waals surface area contributed by atoms with Crippen LogP contribution in [0.5, 0.6) is 0 Å². The molecule has 1 aliphatic rings. The van der Waals surface area contributed by atoms with E-state index in [4.69, 9.17) is 4.74 Å². The molecular formula is C25H26F3N3O5S. The molecule has 1 amide bonds. The molecule has 8 nitrogen and oxygen atoms in total. The van der Waals surface area contributed by atoms with Crippen molar-refractivity contribution < 1.29 is 31.1 Å². The SMILES string of the molecule is CCCCCS(=O)(=O)NCC1CN(c2ccc3cc(-c4ccccc4C(F)(F)F)[nH]c(=O)c3c2)C(=O)O1. The molecule has 1 atom stereocenters. The van der Waals surface area contributed by atoms with Crippen LogP contribution in [0.3, 0.4) is 0 Å². The summed E-state index contributed by atoms with van der Waals surface area (Å²) in [5, 5.41) is 0.571. The second-order valence-electron chi connectivity index (χ2n) is 8.82. The number of aromatic nitrogens is 1. The lowest BCUT2D eigenvalue weighted by atomic mass is 10.0. The molecule has 0 spiro atoms. The molecule has 0 bridgehead atoms. The molecule has 2 heterocycles. The van der Waals surface area contributed by atoms with E-state index < -0.39 is 39.5 Å². The number of benzene rings is 2. The van der Waals surface area contributed by atoms with E-state index in [1.807, 2.05) is 6.92 Å². The molecule has 2 aromatic carbocycles. The van der Waals surface area contributed by atoms with E-state index in [1.165, 1.54) is 41.3 Å². The summed E-state index contributed by atoms with van der Waals surface area (Å²) in [6.45, 7) is 1.96. The van der Waals surface area contributed by atoms with Gasteiger partial charge >= 0.3 is 12.3 Å². The topological polar surface area (TPSA) is 109 Å². The minimum absolute atomic E-state index is 0.00585. The third-order valence-electron chi connectivity index (χ3n) is 6.09. The quantitative estimate of drug-likeness (QED) is 0.387. The molecule has 0 saturated carbocycles. The Labute approximate surface area is 211 Å². The van der Waals surface area contributed by atoms with Gasteiger partial charge in [0.25, 0.3) is 5.56 Å². The average molecular weight is 538 g/mol. The highest BCUT2D eigenvalue weighted by Gasteiger charge is 2.34. The van der Waals surface area contributed by atoms with Crippen LogP contribution in [0.4, 0.5) is 23.7 Å². The van der Waals surface area contributed by atoms with E-state index >= 15 is 0 Å². The molecule has 198 valence electrons. The summed E-state index contributed by atoms with van der Waals surface area (Å²) in [6, 6.07) is 11.0. The van der Waals surface area contributed by atoms with Gasteiger partial charge in [-0.1, -0.05) is 44.0 Å². The molecular weight excluding hydrogens is 511 g/mol. The van der Waals surface area contributed by atoms with Crippen LogP contribution >= 0.6 is 0 Å². The number of cyclic esters (lactones) is 1. The number of hydrogen-bond donors (Lipinski definition) is 2. The van der Waals surface area contributed by atoms with Gasteiger partial charge in [-0.25, -0.2) is 17.9 Å². The fraction of sp³-hybridized carbons (Fsp3) is 0.360. The Hall–Kier alpha value is -3.38. The number of halogens is 3. The number of amides is 1. The smallest absolute Gasteiger partial charge is 0.417 e. The lowest BCUT2D eigenvalue weighted by Gasteiger charge is -2.15. The number of unbranched alkanes of at least 4 members (excludes halogenated alkanes) is 2. The van der Waals surface area contributed by atoms with E-state index in [1.54, 1.807) is 6.07 Å². The molecule has 0 aliphatic carbocycles. The maximum Gasteiger partial charge on any atom is 0.417 e. The third-order valence-corrected chi connectivity index (χ3v) is 7.52. The fourth-order valence-corrected chi connectivity index (χ4v) is 5.37. The number of ether oxygens (including phenoxy) is 1. The van der Waals surface area contributed by atoms with Crippen LogP contribution in [0.1, 0.15) is 31.7 Å². The largest absolute Gasteiger partial charge is 0.443 e. The first-order chi connectivity index (χ1) is 17.5. The summed E-state index contributed by atoms with van der Waals surface area (Å²) in [6.07, 6.45) is -3.78. The molecule has 1 fully saturated rings. The highest BCUT2D eigenvalue weighted by atomic mass is 32.2. The molecule has 4 rings (SSSR count). The lowest BCUT2D eigenvalue weighted by Crippen LogP contribution is -2.35. The van der Waals surface area contributed by atoms with Gasteiger partial charge in [-0.2, -0.15) is 13.2 Å². The second kappa shape index (κ2) is 10.5. The molecule has 3 aromatic rings. The van der Waals surface area contributed by atoms with Crippen molar-refractivity contribution in [1.82, 2.24) is 9.71 Å². The highest BCUT2D eigenvalue weighted by Crippen LogP contribution is 2.36. The van der Waals surface area contributed by atoms with Crippen LogP contribution < -0.4 is 15.2 Å². The number of carbonyl (C=O) groups is 1. The fourth-order valence-electron chi connectivity index (χ4n) is 4.20. The van der Waals surface area contributed by atoms with Gasteiger partial charge in [0.2, 0.25) is 10.0 Å². The lowest BCUT2D eigenvalue weighted by molar-refractivity contribution is -0.137. The van der Waals surface area contributed by atoms with E-state index in [0.29, 0.717) is 17.5 Å². The van der Waals surface area contributed by atoms with E-state index in [-0.39, 0.29) is 35.5 Å². The van der Waals surface area contributed by atoms with Crippen molar-refractivity contribution in [1.29, 1.82) is 0 Å². The summed E-state index contributed by atoms with van der Waals surface area (Å²) in [5.74, 6) is -0.00585. The summed E-state index contributed by atoms with van der Waals surface area (Å²) < 4.78 is 72.3. The van der Waals surface area contributed by atoms with Gasteiger partial charge in [-0.05, 0) is 36.1 Å². The maximum absolute atomic E-state index is 13.5. The second-order valence-corrected chi connectivity index (χ2v) is 10.7. The molecule has 1 aromatic heterocycles. The average Bonchev–Trinajstić information content (AvgIpc) is 3.23. The van der Waals surface area contributed by atoms with Crippen LogP contribution in [0.2, 0.25) is 0 Å². The molecule has 1 aliphatic heterocycles. The normalized spacial score (nSPS) is 16.4. The molecule has 37 heavy (non-hydrogen) atoms. The molecule has 12 heteroatoms. The molecule has 2 N–H and O–H groups in total. The number of H-pyrrole nitrogens is 1. The number of fused-ring (bicyclic) bond motifs is 1. The predicted octanol–water partition coefficient (Wildman–Crippen LogP) is 4.65. The number of rotatable bonds is 9. The number of nitrogens with one attached hydrogen (secondary N) is 2. The van der Waals surface area contributed by atoms with Gasteiger partial charge in [0.15, 0.2) is 0 Å². The number of aromatic amines is 1. The van der Waals surface area contributed by atoms with Crippen LogP contribution in [-0.2, 0) is 20.9 Å². The summed E-state index contributed by atoms with van der Waals surface area (Å²) in [5.41, 5.74) is -1.27. The Bertz CT molecular complexity index is 1470. The Kier molecular flexibility index (Phi) is 7.60. The van der Waals surface area contributed by atoms with Crippen LogP contribution in [0, 0.1) is 0 Å². The maximum atomic E-state index is 13.5. The van der Waals surface area contributed by atoms with Gasteiger partial charge < -0.3 is 9.72 Å². The standard InChI is InChI=1S/C25H26F3N3O5S/c1-2-3-6-11-37(34,35)29-14-18-15-31(24(33)36-18)17-10-9-16-12-22(30-23(32)20(16)13-17)19-7-4-5-8-21(19)25(26,27)28/h4-5,7-10,12-13,18,29H,2-3,6,11,14-15H2,1H3,(H,30,32). The van der Waals surface area contributed by atoms with Crippen molar-refractivity contribution in [2.75, 3.05) is 23.7 Å². The molecule has 0 radical (unpaired) electrons. The van der Waals surface area contributed by atoms with E-state index in [2.05, 4.69) is 9.71 Å². The number of pyridine rings is 1. The van der Waals surface area contributed by atoms with Crippen molar-refractivity contribution in [3.05, 3.63) is 64.4 Å². The number of sulfonamides is 1. The zero-order valence-electron chi connectivity index (χ0n) is 20.0. The minimum atomic E-state index is -4.59. The van der Waals surface area contributed by atoms with Crippen LogP contribution in [0.15, 0.2) is 53.3 Å². The first-order valence-electron chi connectivity index (χ1n) is 11.8. The van der Waals surface area contributed by atoms with E-state index in [9.17, 15) is 31.2 Å². The molecule has 1 unspecified atom stereocenters. The van der Waals surface area contributed by atoms with Gasteiger partial charge in [0, 0.05) is 28.9 Å². The van der Waals surface area contributed by atoms with E-state index in [0.717, 1.165) is 18.9 Å². The first kappa shape index (κ1) is 26.7. The van der Waals surface area contributed by atoms with Gasteiger partial charge in [0.1, 0.15) is 6.10 Å². The summed E-state index contributed by atoms with van der Waals surface area (Å²) in [7, 11) is -3.49. The van der Waals surface area contributed by atoms with Gasteiger partial charge in [-0.15, -0.1) is 0 Å². The zero-order chi connectivity index (χ0) is 26.8. The Balaban J connectivity index is 1.54. The number of alkyl halides is 3. The Morgan fingerprint density at radius 2 is 1.86 bits per heavy atom. The number of hydrogen-bond acceptors (Lipinski definition) is 5. The zero-order valence-corrected chi connectivity index (χ0v) is 20.8. The Morgan fingerprint density at radius 1 is 1.11 bits per heavy atom. The number of carbonyl (C=O) groups excluding carboxylic acids is 1. The molecule has 1 saturated heterocycles. The van der Waals surface area contributed by atoms with Crippen LogP contribution in [-0.4, -0.2) is 44.4 Å². The summed E-state index contributed by atoms with van der Waals surface area (Å²) >= 11 is 0. The van der Waals surface area contributed by atoms with Gasteiger partial charge in [0.05, 0.1) is 17.9 Å². The number of anilines is 1. The summed E-state index contributed by atoms with van der Waals surface area (Å²) in [4.78, 5) is 29.1. The monoisotopic (exact) mass is 537 g/mol. The van der Waals surface area contributed by atoms with Crippen molar-refractivity contribution in [2.45, 2.75) is 38.5 Å². The highest BCUT2D eigenvalue weighted by molar-refractivity contribution is 7.89. The van der Waals surface area contributed by atoms with Crippen molar-refractivity contribution in [3.63, 3.8) is 0 Å². The van der Waals surface area contributed by atoms with Crippen molar-refractivity contribution in [2.24, 2.45) is 0 Å². The van der Waals surface area contributed by atoms with Gasteiger partial charge in [-0.3, -0.25) is 9.69 Å². The first-order valence-corrected chi connectivity index (χ1v) is 13.4. The minimum Gasteiger partial charge on any atom is -0.443 e. The number of nitrogens with zero attached hydrogens (tertiary/aromatic N) is 1. The third kappa shape index (κ3) is 6.13. The van der Waals surface area contributed by atoms with Crippen molar-refractivity contribution in [3.8, 4) is 11.3 Å². The predicted molar refractivity (Wildman–Crippen MR) is 134 cm³/mol. The van der Waals surface area contributed by atoms with Crippen LogP contribution in [0.25, 0.3) is 22.0 Å². The Morgan fingerprint density at radius 3 is 2.59 bits per heavy atom.